The van der Waals surface area contributed by atoms with Crippen LogP contribution >= 0.6 is 70.6 Å². The molecule has 0 saturated carbocycles. The van der Waals surface area contributed by atoms with Gasteiger partial charge in [-0.1, -0.05) is 0 Å². The third kappa shape index (κ3) is 14.0. The molecule has 0 atom stereocenters. The van der Waals surface area contributed by atoms with Gasteiger partial charge in [0.1, 0.15) is 0 Å². The van der Waals surface area contributed by atoms with Crippen molar-refractivity contribution in [3.63, 3.8) is 0 Å². The third-order valence-electron chi connectivity index (χ3n) is 7.66. The van der Waals surface area contributed by atoms with E-state index in [1.165, 1.54) is 44.8 Å². The summed E-state index contributed by atoms with van der Waals surface area (Å²) in [5, 5.41) is 0. The van der Waals surface area contributed by atoms with Crippen LogP contribution in [0.25, 0.3) is 0 Å². The SMILES string of the molecule is Brc1cccnc1.Brc1cccnc1.Cc1cc(C)c(N2CCN(c3c(C)cc(C)cc3C)[C]2=[Ru]([Cl])([Cl])=[CH]CCc2ccccn2)c(C)c1.[Cl][Ru][Cl]. The van der Waals surface area contributed by atoms with E-state index in [4.69, 9.17) is 38.8 Å². The number of hydrogen-bond acceptors (Lipinski definition) is 5. The summed E-state index contributed by atoms with van der Waals surface area (Å²) in [5.41, 5.74) is 11.1. The van der Waals surface area contributed by atoms with Crippen LogP contribution in [0.4, 0.5) is 11.4 Å². The second-order valence-electron chi connectivity index (χ2n) is 11.9. The molecule has 0 unspecified atom stereocenters. The molecule has 0 radical (unpaired) electrons. The number of nitrogens with zero attached hydrogens (tertiary/aromatic N) is 5. The summed E-state index contributed by atoms with van der Waals surface area (Å²) in [4.78, 5) is 17.0. The first-order valence-electron chi connectivity index (χ1n) is 16.2. The van der Waals surface area contributed by atoms with Crippen molar-refractivity contribution in [2.45, 2.75) is 54.4 Å². The second kappa shape index (κ2) is 22.8. The van der Waals surface area contributed by atoms with E-state index in [-0.39, 0.29) is 15.1 Å². The minimum atomic E-state index is -3.38. The molecule has 0 amide bonds. The monoisotopic (exact) mass is 1080 g/mol. The van der Waals surface area contributed by atoms with Crippen molar-refractivity contribution in [2.75, 3.05) is 22.9 Å². The van der Waals surface area contributed by atoms with Crippen molar-refractivity contribution in [2.24, 2.45) is 0 Å². The molecule has 282 valence electrons. The molecular weight excluding hydrogens is 1040 g/mol. The molecule has 1 saturated heterocycles. The van der Waals surface area contributed by atoms with Gasteiger partial charge in [-0.05, 0) is 56.1 Å². The fourth-order valence-corrected chi connectivity index (χ4v) is 12.4. The van der Waals surface area contributed by atoms with Crippen molar-refractivity contribution in [3.8, 4) is 0 Å². The number of aryl methyl sites for hydroxylation is 7. The first-order chi connectivity index (χ1) is 24.8. The van der Waals surface area contributed by atoms with E-state index in [0.29, 0.717) is 0 Å². The summed E-state index contributed by atoms with van der Waals surface area (Å²) in [5.74, 6) is 0. The maximum absolute atomic E-state index is 7.41. The first-order valence-corrected chi connectivity index (χ1v) is 28.6. The Labute approximate surface area is 352 Å². The Morgan fingerprint density at radius 3 is 1.46 bits per heavy atom. The zero-order valence-corrected chi connectivity index (χ0v) is 39.5. The van der Waals surface area contributed by atoms with Crippen molar-refractivity contribution in [3.05, 3.63) is 146 Å². The molecule has 3 aromatic heterocycles. The Hall–Kier alpha value is -1.40. The van der Waals surface area contributed by atoms with Crippen LogP contribution in [0.2, 0.25) is 0 Å². The summed E-state index contributed by atoms with van der Waals surface area (Å²) in [6, 6.07) is 22.7. The molecule has 1 aliphatic rings. The summed E-state index contributed by atoms with van der Waals surface area (Å²) in [6.45, 7) is 14.8. The number of rotatable bonds is 5. The molecule has 5 aromatic rings. The molecule has 2 aromatic carbocycles. The summed E-state index contributed by atoms with van der Waals surface area (Å²) in [7, 11) is 24.5. The van der Waals surface area contributed by atoms with Gasteiger partial charge in [-0.3, -0.25) is 9.97 Å². The summed E-state index contributed by atoms with van der Waals surface area (Å²) >= 11 is 2.77. The predicted molar refractivity (Wildman–Crippen MR) is 227 cm³/mol. The number of hydrogen-bond donors (Lipinski definition) is 0. The van der Waals surface area contributed by atoms with Gasteiger partial charge in [0.25, 0.3) is 0 Å². The van der Waals surface area contributed by atoms with Crippen molar-refractivity contribution in [1.82, 2.24) is 15.0 Å². The maximum atomic E-state index is 7.41. The Bertz CT molecular complexity index is 1840. The number of anilines is 2. The van der Waals surface area contributed by atoms with Gasteiger partial charge in [0.05, 0.1) is 0 Å². The number of halogens is 6. The quantitative estimate of drug-likeness (QED) is 0.164. The van der Waals surface area contributed by atoms with Crippen molar-refractivity contribution in [1.29, 1.82) is 0 Å². The molecular formula is C39H43Br2Cl4N5Ru2. The molecule has 13 heteroatoms. The second-order valence-corrected chi connectivity index (χ2v) is 25.8. The Kier molecular flexibility index (Phi) is 19.8. The van der Waals surface area contributed by atoms with Gasteiger partial charge in [-0.25, -0.2) is 0 Å². The van der Waals surface area contributed by atoms with E-state index in [9.17, 15) is 0 Å². The predicted octanol–water partition coefficient (Wildman–Crippen LogP) is 12.3. The van der Waals surface area contributed by atoms with Gasteiger partial charge in [0, 0.05) is 33.7 Å². The molecule has 6 rings (SSSR count). The topological polar surface area (TPSA) is 45.2 Å². The molecule has 0 aliphatic carbocycles. The minimum absolute atomic E-state index is 0.346. The normalized spacial score (nSPS) is 12.6. The van der Waals surface area contributed by atoms with E-state index >= 15 is 0 Å². The van der Waals surface area contributed by atoms with E-state index in [0.717, 1.165) is 44.9 Å². The standard InChI is InChI=1S/C21H26N2.C8H9N.2C5H4BrN.4ClH.2Ru/c1-14-9-16(3)20(17(4)10-14)22-7-8-23(13-22)21-18(5)11-15(2)12-19(21)6;1-2-5-8-6-3-4-7-9-8;2*6-5-2-1-3-7-4-5;;;;;;/h9-12H,7-8H2,1-6H3;1,3-4,6-7H,2,5H2;2*1-4H;4*1H;;/q;;;;;;;;2*+2/p-4. The van der Waals surface area contributed by atoms with Gasteiger partial charge in [0.15, 0.2) is 0 Å². The summed E-state index contributed by atoms with van der Waals surface area (Å²) in [6.07, 6.45) is 10.5. The Morgan fingerprint density at radius 2 is 1.13 bits per heavy atom. The van der Waals surface area contributed by atoms with Gasteiger partial charge >= 0.3 is 256 Å². The van der Waals surface area contributed by atoms with Crippen LogP contribution in [0, 0.1) is 41.5 Å². The van der Waals surface area contributed by atoms with Crippen LogP contribution in [0.3, 0.4) is 0 Å². The van der Waals surface area contributed by atoms with Crippen LogP contribution in [0.15, 0.2) is 107 Å². The van der Waals surface area contributed by atoms with Gasteiger partial charge in [-0.15, -0.1) is 0 Å². The average Bonchev–Trinajstić information content (AvgIpc) is 3.51. The summed E-state index contributed by atoms with van der Waals surface area (Å²) < 4.78 is 5.33. The number of aromatic nitrogens is 3. The van der Waals surface area contributed by atoms with E-state index in [2.05, 4.69) is 133 Å². The molecule has 0 bridgehead atoms. The van der Waals surface area contributed by atoms with Crippen LogP contribution < -0.4 is 9.80 Å². The van der Waals surface area contributed by atoms with Crippen LogP contribution in [-0.2, 0) is 33.5 Å². The van der Waals surface area contributed by atoms with E-state index < -0.39 is 11.9 Å². The molecule has 0 N–H and O–H groups in total. The van der Waals surface area contributed by atoms with E-state index in [1.807, 2.05) is 42.6 Å². The number of pyridine rings is 3. The molecule has 4 heterocycles. The third-order valence-corrected chi connectivity index (χ3v) is 14.7. The Morgan fingerprint density at radius 1 is 0.692 bits per heavy atom. The van der Waals surface area contributed by atoms with Crippen molar-refractivity contribution < 1.29 is 27.0 Å². The first kappa shape index (κ1) is 45.0. The van der Waals surface area contributed by atoms with Gasteiger partial charge < -0.3 is 0 Å². The molecule has 52 heavy (non-hydrogen) atoms. The van der Waals surface area contributed by atoms with Crippen molar-refractivity contribution >= 4 is 91.0 Å². The van der Waals surface area contributed by atoms with Gasteiger partial charge in [-0.2, -0.15) is 0 Å². The zero-order valence-electron chi connectivity index (χ0n) is 29.9. The fourth-order valence-electron chi connectivity index (χ4n) is 6.00. The molecule has 1 aliphatic heterocycles. The fraction of sp³-hybridized carbons (Fsp3) is 0.256. The molecule has 5 nitrogen and oxygen atoms in total. The van der Waals surface area contributed by atoms with E-state index in [1.54, 1.807) is 24.8 Å². The zero-order chi connectivity index (χ0) is 38.3. The van der Waals surface area contributed by atoms with Crippen LogP contribution in [-0.4, -0.2) is 37.0 Å². The van der Waals surface area contributed by atoms with Crippen LogP contribution in [0.5, 0.6) is 0 Å². The van der Waals surface area contributed by atoms with Crippen LogP contribution in [0.1, 0.15) is 45.5 Å². The number of benzene rings is 2. The average molecular weight is 1090 g/mol. The Balaban J connectivity index is 0.000000349. The van der Waals surface area contributed by atoms with Gasteiger partial charge in [0.2, 0.25) is 0 Å². The molecule has 0 spiro atoms. The molecule has 1 fully saturated rings.